The maximum atomic E-state index is 9.08. The molecule has 0 atom stereocenters. The summed E-state index contributed by atoms with van der Waals surface area (Å²) >= 11 is 15.6. The first-order valence-electron chi connectivity index (χ1n) is 8.96. The number of rotatable bonds is 10. The van der Waals surface area contributed by atoms with Gasteiger partial charge in [0.05, 0.1) is 19.2 Å². The molecule has 0 aliphatic heterocycles. The summed E-state index contributed by atoms with van der Waals surface area (Å²) in [6.07, 6.45) is 0. The Bertz CT molecular complexity index is 956. The summed E-state index contributed by atoms with van der Waals surface area (Å²) in [7, 11) is 1.64. The normalized spacial score (nSPS) is 11.0. The lowest BCUT2D eigenvalue weighted by atomic mass is 10.2. The van der Waals surface area contributed by atoms with Crippen molar-refractivity contribution in [1.29, 1.82) is 0 Å². The standard InChI is InChI=1S/C20H21Cl2N3O2S2/c1-27-13-5-6-18-14(11-13)19(25-20(24-18)29-10-8-26)23-7-9-28-12-15-16(21)3-2-4-17(15)22/h2-6,11,26H,7-10,12H2,1H3,(H,23,24,25). The number of nitrogens with zero attached hydrogens (tertiary/aromatic N) is 2. The number of halogens is 2. The fourth-order valence-electron chi connectivity index (χ4n) is 2.64. The Hall–Kier alpha value is -1.38. The molecule has 1 aromatic heterocycles. The SMILES string of the molecule is COc1ccc2nc(SCCO)nc(NCCSCc3c(Cl)cccc3Cl)c2c1. The average molecular weight is 470 g/mol. The average Bonchev–Trinajstić information content (AvgIpc) is 2.73. The molecule has 2 N–H and O–H groups in total. The van der Waals surface area contributed by atoms with Crippen molar-refractivity contribution in [2.75, 3.05) is 37.1 Å². The van der Waals surface area contributed by atoms with E-state index in [1.165, 1.54) is 11.8 Å². The van der Waals surface area contributed by atoms with Gasteiger partial charge in [-0.05, 0) is 35.9 Å². The highest BCUT2D eigenvalue weighted by atomic mass is 35.5. The van der Waals surface area contributed by atoms with Crippen molar-refractivity contribution in [3.63, 3.8) is 0 Å². The molecule has 3 aromatic rings. The van der Waals surface area contributed by atoms with Crippen molar-refractivity contribution in [3.8, 4) is 5.75 Å². The van der Waals surface area contributed by atoms with Gasteiger partial charge in [0.15, 0.2) is 5.16 Å². The van der Waals surface area contributed by atoms with Crippen LogP contribution in [0.1, 0.15) is 5.56 Å². The number of aromatic nitrogens is 2. The van der Waals surface area contributed by atoms with Gasteiger partial charge >= 0.3 is 0 Å². The lowest BCUT2D eigenvalue weighted by Gasteiger charge is -2.12. The van der Waals surface area contributed by atoms with Crippen molar-refractivity contribution < 1.29 is 9.84 Å². The van der Waals surface area contributed by atoms with Crippen LogP contribution in [0.3, 0.4) is 0 Å². The Labute approximate surface area is 188 Å². The van der Waals surface area contributed by atoms with Gasteiger partial charge in [-0.3, -0.25) is 0 Å². The summed E-state index contributed by atoms with van der Waals surface area (Å²) < 4.78 is 5.34. The lowest BCUT2D eigenvalue weighted by Crippen LogP contribution is -2.08. The molecule has 154 valence electrons. The van der Waals surface area contributed by atoms with E-state index in [0.29, 0.717) is 21.0 Å². The maximum absolute atomic E-state index is 9.08. The van der Waals surface area contributed by atoms with Crippen LogP contribution in [-0.4, -0.2) is 46.8 Å². The molecule has 0 saturated carbocycles. The minimum atomic E-state index is 0.0820. The smallest absolute Gasteiger partial charge is 0.190 e. The third-order valence-electron chi connectivity index (χ3n) is 4.05. The van der Waals surface area contributed by atoms with Crippen LogP contribution in [0.25, 0.3) is 10.9 Å². The van der Waals surface area contributed by atoms with E-state index in [9.17, 15) is 0 Å². The third kappa shape index (κ3) is 6.06. The van der Waals surface area contributed by atoms with Crippen LogP contribution >= 0.6 is 46.7 Å². The van der Waals surface area contributed by atoms with E-state index in [4.69, 9.17) is 33.0 Å². The molecule has 0 bridgehead atoms. The number of hydrogen-bond donors (Lipinski definition) is 2. The first-order valence-corrected chi connectivity index (χ1v) is 11.9. The van der Waals surface area contributed by atoms with Crippen LogP contribution in [0.2, 0.25) is 10.0 Å². The first kappa shape index (κ1) is 22.3. The van der Waals surface area contributed by atoms with Gasteiger partial charge in [0.25, 0.3) is 0 Å². The zero-order valence-electron chi connectivity index (χ0n) is 15.8. The van der Waals surface area contributed by atoms with Crippen LogP contribution in [0, 0.1) is 0 Å². The Kier molecular flexibility index (Phi) is 8.56. The molecule has 0 radical (unpaired) electrons. The number of aliphatic hydroxyl groups is 1. The van der Waals surface area contributed by atoms with Gasteiger partial charge in [-0.1, -0.05) is 41.0 Å². The number of benzene rings is 2. The third-order valence-corrected chi connectivity index (χ3v) is 6.57. The molecule has 0 unspecified atom stereocenters. The highest BCUT2D eigenvalue weighted by Crippen LogP contribution is 2.29. The van der Waals surface area contributed by atoms with E-state index in [0.717, 1.165) is 46.1 Å². The predicted octanol–water partition coefficient (Wildman–Crippen LogP) is 5.37. The van der Waals surface area contributed by atoms with Gasteiger partial charge in [0, 0.05) is 39.2 Å². The second-order valence-electron chi connectivity index (χ2n) is 5.99. The predicted molar refractivity (Wildman–Crippen MR) is 125 cm³/mol. The number of hydrogen-bond acceptors (Lipinski definition) is 7. The quantitative estimate of drug-likeness (QED) is 0.234. The molecule has 3 rings (SSSR count). The number of anilines is 1. The van der Waals surface area contributed by atoms with Crippen molar-refractivity contribution >= 4 is 63.4 Å². The monoisotopic (exact) mass is 469 g/mol. The number of aliphatic hydroxyl groups excluding tert-OH is 1. The molecule has 9 heteroatoms. The van der Waals surface area contributed by atoms with Crippen LogP contribution in [0.5, 0.6) is 5.75 Å². The van der Waals surface area contributed by atoms with E-state index in [2.05, 4.69) is 15.3 Å². The van der Waals surface area contributed by atoms with Gasteiger partial charge in [0.1, 0.15) is 11.6 Å². The van der Waals surface area contributed by atoms with Gasteiger partial charge in [-0.2, -0.15) is 11.8 Å². The summed E-state index contributed by atoms with van der Waals surface area (Å²) in [5, 5.41) is 15.4. The van der Waals surface area contributed by atoms with Gasteiger partial charge in [0.2, 0.25) is 0 Å². The molecule has 2 aromatic carbocycles. The molecule has 29 heavy (non-hydrogen) atoms. The molecule has 1 heterocycles. The van der Waals surface area contributed by atoms with Crippen LogP contribution in [0.15, 0.2) is 41.6 Å². The second-order valence-corrected chi connectivity index (χ2v) is 8.97. The Morgan fingerprint density at radius 3 is 2.62 bits per heavy atom. The van der Waals surface area contributed by atoms with Crippen LogP contribution in [0.4, 0.5) is 5.82 Å². The molecule has 0 amide bonds. The van der Waals surface area contributed by atoms with Crippen molar-refractivity contribution in [2.45, 2.75) is 10.9 Å². The molecule has 0 aliphatic carbocycles. The van der Waals surface area contributed by atoms with Crippen LogP contribution in [-0.2, 0) is 5.75 Å². The molecule has 0 fully saturated rings. The summed E-state index contributed by atoms with van der Waals surface area (Å²) in [6.45, 7) is 0.804. The highest BCUT2D eigenvalue weighted by molar-refractivity contribution is 7.99. The summed E-state index contributed by atoms with van der Waals surface area (Å²) in [5.74, 6) is 3.66. The molecular weight excluding hydrogens is 449 g/mol. The van der Waals surface area contributed by atoms with Crippen molar-refractivity contribution in [3.05, 3.63) is 52.0 Å². The minimum absolute atomic E-state index is 0.0820. The van der Waals surface area contributed by atoms with Gasteiger partial charge in [-0.15, -0.1) is 0 Å². The van der Waals surface area contributed by atoms with Crippen LogP contribution < -0.4 is 10.1 Å². The summed E-state index contributed by atoms with van der Waals surface area (Å²) in [4.78, 5) is 9.18. The second kappa shape index (κ2) is 11.1. The molecule has 0 saturated heterocycles. The van der Waals surface area contributed by atoms with E-state index in [1.54, 1.807) is 18.9 Å². The minimum Gasteiger partial charge on any atom is -0.497 e. The Morgan fingerprint density at radius 1 is 1.10 bits per heavy atom. The lowest BCUT2D eigenvalue weighted by molar-refractivity contribution is 0.322. The number of methoxy groups -OCH3 is 1. The summed E-state index contributed by atoms with van der Waals surface area (Å²) in [5.41, 5.74) is 1.79. The fourth-order valence-corrected chi connectivity index (χ4v) is 4.82. The van der Waals surface area contributed by atoms with Gasteiger partial charge in [-0.25, -0.2) is 9.97 Å². The number of ether oxygens (including phenoxy) is 1. The Morgan fingerprint density at radius 2 is 1.90 bits per heavy atom. The topological polar surface area (TPSA) is 67.3 Å². The zero-order valence-corrected chi connectivity index (χ0v) is 19.0. The number of thioether (sulfide) groups is 2. The van der Waals surface area contributed by atoms with E-state index < -0.39 is 0 Å². The molecule has 0 spiro atoms. The summed E-state index contributed by atoms with van der Waals surface area (Å²) in [6, 6.07) is 11.3. The number of nitrogens with one attached hydrogen (secondary N) is 1. The van der Waals surface area contributed by atoms with Gasteiger partial charge < -0.3 is 15.2 Å². The fraction of sp³-hybridized carbons (Fsp3) is 0.300. The number of fused-ring (bicyclic) bond motifs is 1. The Balaban J connectivity index is 1.67. The van der Waals surface area contributed by atoms with E-state index in [-0.39, 0.29) is 6.61 Å². The first-order chi connectivity index (χ1) is 14.1. The zero-order chi connectivity index (χ0) is 20.6. The largest absolute Gasteiger partial charge is 0.497 e. The molecule has 5 nitrogen and oxygen atoms in total. The van der Waals surface area contributed by atoms with Crippen molar-refractivity contribution in [2.24, 2.45) is 0 Å². The van der Waals surface area contributed by atoms with E-state index in [1.807, 2.05) is 36.4 Å². The molecule has 0 aliphatic rings. The van der Waals surface area contributed by atoms with Crippen molar-refractivity contribution in [1.82, 2.24) is 9.97 Å². The van der Waals surface area contributed by atoms with E-state index >= 15 is 0 Å². The maximum Gasteiger partial charge on any atom is 0.190 e. The highest BCUT2D eigenvalue weighted by Gasteiger charge is 2.10. The molecular formula is C20H21Cl2N3O2S2.